The van der Waals surface area contributed by atoms with E-state index < -0.39 is 0 Å². The standard InChI is InChI=1S/C13H21N3O/c1-10(2)16-8-13(7-15-16)17-9-11(3)6-14-12-4-5-12/h7-8,10,12,14H,3-6,9H2,1-2H3. The number of nitrogens with one attached hydrogen (secondary N) is 1. The van der Waals surface area contributed by atoms with E-state index in [0.29, 0.717) is 12.6 Å². The van der Waals surface area contributed by atoms with Crippen molar-refractivity contribution >= 4 is 0 Å². The van der Waals surface area contributed by atoms with Gasteiger partial charge in [0.15, 0.2) is 5.75 Å². The van der Waals surface area contributed by atoms with Gasteiger partial charge in [-0.15, -0.1) is 0 Å². The topological polar surface area (TPSA) is 39.1 Å². The Labute approximate surface area is 103 Å². The van der Waals surface area contributed by atoms with E-state index in [1.165, 1.54) is 12.8 Å². The largest absolute Gasteiger partial charge is 0.486 e. The number of aromatic nitrogens is 2. The molecule has 4 nitrogen and oxygen atoms in total. The van der Waals surface area contributed by atoms with Gasteiger partial charge in [0, 0.05) is 18.6 Å². The van der Waals surface area contributed by atoms with Gasteiger partial charge < -0.3 is 10.1 Å². The quantitative estimate of drug-likeness (QED) is 0.736. The van der Waals surface area contributed by atoms with E-state index in [4.69, 9.17) is 4.74 Å². The molecule has 0 atom stereocenters. The van der Waals surface area contributed by atoms with Crippen molar-refractivity contribution in [3.8, 4) is 5.75 Å². The van der Waals surface area contributed by atoms with Crippen molar-refractivity contribution in [2.24, 2.45) is 0 Å². The van der Waals surface area contributed by atoms with Gasteiger partial charge in [0.2, 0.25) is 0 Å². The maximum atomic E-state index is 5.63. The van der Waals surface area contributed by atoms with Crippen LogP contribution in [0.5, 0.6) is 5.75 Å². The molecule has 0 aliphatic heterocycles. The average molecular weight is 235 g/mol. The van der Waals surface area contributed by atoms with Crippen LogP contribution in [0.15, 0.2) is 24.5 Å². The monoisotopic (exact) mass is 235 g/mol. The Kier molecular flexibility index (Phi) is 3.84. The number of nitrogens with zero attached hydrogens (tertiary/aromatic N) is 2. The summed E-state index contributed by atoms with van der Waals surface area (Å²) in [5.74, 6) is 0.811. The summed E-state index contributed by atoms with van der Waals surface area (Å²) < 4.78 is 7.52. The molecule has 17 heavy (non-hydrogen) atoms. The molecule has 0 radical (unpaired) electrons. The molecule has 1 fully saturated rings. The Morgan fingerprint density at radius 3 is 3.00 bits per heavy atom. The number of hydrogen-bond donors (Lipinski definition) is 1. The highest BCUT2D eigenvalue weighted by Gasteiger charge is 2.20. The fourth-order valence-corrected chi connectivity index (χ4v) is 1.49. The molecule has 1 N–H and O–H groups in total. The van der Waals surface area contributed by atoms with Gasteiger partial charge in [-0.25, -0.2) is 0 Å². The molecule has 0 bridgehead atoms. The van der Waals surface area contributed by atoms with Gasteiger partial charge in [-0.3, -0.25) is 4.68 Å². The summed E-state index contributed by atoms with van der Waals surface area (Å²) in [6, 6.07) is 1.09. The van der Waals surface area contributed by atoms with Crippen LogP contribution in [0.3, 0.4) is 0 Å². The lowest BCUT2D eigenvalue weighted by atomic mass is 10.3. The van der Waals surface area contributed by atoms with Crippen molar-refractivity contribution in [1.29, 1.82) is 0 Å². The van der Waals surface area contributed by atoms with Crippen LogP contribution in [0.25, 0.3) is 0 Å². The van der Waals surface area contributed by atoms with Crippen LogP contribution in [0.1, 0.15) is 32.7 Å². The van der Waals surface area contributed by atoms with Crippen molar-refractivity contribution in [2.45, 2.75) is 38.8 Å². The van der Waals surface area contributed by atoms with Crippen molar-refractivity contribution in [3.63, 3.8) is 0 Å². The molecule has 1 aromatic heterocycles. The molecule has 1 aromatic rings. The molecule has 1 aliphatic carbocycles. The maximum absolute atomic E-state index is 5.63. The third-order valence-electron chi connectivity index (χ3n) is 2.77. The highest BCUT2D eigenvalue weighted by Crippen LogP contribution is 2.18. The normalized spacial score (nSPS) is 15.2. The summed E-state index contributed by atoms with van der Waals surface area (Å²) in [6.45, 7) is 9.59. The Bertz CT molecular complexity index is 380. The molecule has 1 saturated carbocycles. The van der Waals surface area contributed by atoms with E-state index in [-0.39, 0.29) is 0 Å². The molecule has 1 heterocycles. The minimum atomic E-state index is 0.368. The summed E-state index contributed by atoms with van der Waals surface area (Å²) in [7, 11) is 0. The third kappa shape index (κ3) is 3.89. The average Bonchev–Trinajstić information content (AvgIpc) is 3.00. The highest BCUT2D eigenvalue weighted by atomic mass is 16.5. The lowest BCUT2D eigenvalue weighted by Crippen LogP contribution is -2.21. The van der Waals surface area contributed by atoms with Crippen LogP contribution in [0.2, 0.25) is 0 Å². The van der Waals surface area contributed by atoms with Crippen molar-refractivity contribution in [2.75, 3.05) is 13.2 Å². The lowest BCUT2D eigenvalue weighted by molar-refractivity contribution is 0.347. The summed E-state index contributed by atoms with van der Waals surface area (Å²) in [5, 5.41) is 7.64. The first-order valence-electron chi connectivity index (χ1n) is 6.22. The molecule has 2 rings (SSSR count). The van der Waals surface area contributed by atoms with Crippen LogP contribution in [-0.4, -0.2) is 29.0 Å². The molecule has 0 amide bonds. The summed E-state index contributed by atoms with van der Waals surface area (Å²) in [6.07, 6.45) is 6.28. The maximum Gasteiger partial charge on any atom is 0.157 e. The Morgan fingerprint density at radius 2 is 2.41 bits per heavy atom. The van der Waals surface area contributed by atoms with E-state index in [1.807, 2.05) is 10.9 Å². The Morgan fingerprint density at radius 1 is 1.65 bits per heavy atom. The van der Waals surface area contributed by atoms with Crippen LogP contribution in [0, 0.1) is 0 Å². The number of rotatable bonds is 7. The van der Waals surface area contributed by atoms with Gasteiger partial charge in [0.1, 0.15) is 6.61 Å². The molecule has 0 aromatic carbocycles. The first kappa shape index (κ1) is 12.2. The second-order valence-corrected chi connectivity index (χ2v) is 4.94. The molecular formula is C13H21N3O. The minimum Gasteiger partial charge on any atom is -0.486 e. The SMILES string of the molecule is C=C(CNC1CC1)COc1cnn(C(C)C)c1. The molecule has 0 unspecified atom stereocenters. The Hall–Kier alpha value is -1.29. The van der Waals surface area contributed by atoms with Gasteiger partial charge in [-0.05, 0) is 32.3 Å². The van der Waals surface area contributed by atoms with Crippen LogP contribution in [-0.2, 0) is 0 Å². The van der Waals surface area contributed by atoms with Gasteiger partial charge in [-0.2, -0.15) is 5.10 Å². The highest BCUT2D eigenvalue weighted by molar-refractivity contribution is 5.14. The van der Waals surface area contributed by atoms with E-state index in [1.54, 1.807) is 6.20 Å². The van der Waals surface area contributed by atoms with Gasteiger partial charge in [0.05, 0.1) is 12.4 Å². The van der Waals surface area contributed by atoms with E-state index in [0.717, 1.165) is 23.9 Å². The second-order valence-electron chi connectivity index (χ2n) is 4.94. The van der Waals surface area contributed by atoms with E-state index in [9.17, 15) is 0 Å². The minimum absolute atomic E-state index is 0.368. The predicted octanol–water partition coefficient (Wildman–Crippen LogP) is 2.15. The van der Waals surface area contributed by atoms with Crippen molar-refractivity contribution in [1.82, 2.24) is 15.1 Å². The zero-order valence-corrected chi connectivity index (χ0v) is 10.6. The molecule has 1 aliphatic rings. The summed E-state index contributed by atoms with van der Waals surface area (Å²) in [5.41, 5.74) is 1.08. The number of hydrogen-bond acceptors (Lipinski definition) is 3. The molecule has 0 saturated heterocycles. The van der Waals surface area contributed by atoms with Crippen molar-refractivity contribution < 1.29 is 4.74 Å². The molecular weight excluding hydrogens is 214 g/mol. The number of ether oxygens (including phenoxy) is 1. The lowest BCUT2D eigenvalue weighted by Gasteiger charge is -2.08. The predicted molar refractivity (Wildman–Crippen MR) is 68.3 cm³/mol. The van der Waals surface area contributed by atoms with E-state index >= 15 is 0 Å². The van der Waals surface area contributed by atoms with Gasteiger partial charge in [0.25, 0.3) is 0 Å². The third-order valence-corrected chi connectivity index (χ3v) is 2.77. The fourth-order valence-electron chi connectivity index (χ4n) is 1.49. The first-order valence-corrected chi connectivity index (χ1v) is 6.22. The molecule has 94 valence electrons. The van der Waals surface area contributed by atoms with Crippen molar-refractivity contribution in [3.05, 3.63) is 24.5 Å². The van der Waals surface area contributed by atoms with Crippen LogP contribution < -0.4 is 10.1 Å². The zero-order chi connectivity index (χ0) is 12.3. The molecule has 4 heteroatoms. The fraction of sp³-hybridized carbons (Fsp3) is 0.615. The van der Waals surface area contributed by atoms with Crippen LogP contribution in [0.4, 0.5) is 0 Å². The van der Waals surface area contributed by atoms with Gasteiger partial charge >= 0.3 is 0 Å². The molecule has 0 spiro atoms. The summed E-state index contributed by atoms with van der Waals surface area (Å²) >= 11 is 0. The Balaban J connectivity index is 1.70. The van der Waals surface area contributed by atoms with Crippen LogP contribution >= 0.6 is 0 Å². The first-order chi connectivity index (χ1) is 8.15. The van der Waals surface area contributed by atoms with Gasteiger partial charge in [-0.1, -0.05) is 6.58 Å². The van der Waals surface area contributed by atoms with E-state index in [2.05, 4.69) is 30.8 Å². The second kappa shape index (κ2) is 5.36. The smallest absolute Gasteiger partial charge is 0.157 e. The zero-order valence-electron chi connectivity index (χ0n) is 10.6. The summed E-state index contributed by atoms with van der Waals surface area (Å²) in [4.78, 5) is 0.